The van der Waals surface area contributed by atoms with Gasteiger partial charge in [0.25, 0.3) is 10.0 Å². The van der Waals surface area contributed by atoms with E-state index in [0.29, 0.717) is 4.31 Å². The number of hydrogen-bond acceptors (Lipinski definition) is 4. The first-order valence-electron chi connectivity index (χ1n) is 5.31. The summed E-state index contributed by atoms with van der Waals surface area (Å²) in [5, 5.41) is 0. The highest BCUT2D eigenvalue weighted by Gasteiger charge is 2.25. The lowest BCUT2D eigenvalue weighted by Gasteiger charge is -2.17. The van der Waals surface area contributed by atoms with Crippen molar-refractivity contribution < 1.29 is 18.0 Å². The summed E-state index contributed by atoms with van der Waals surface area (Å²) in [7, 11) is -2.74. The maximum absolute atomic E-state index is 12.1. The zero-order chi connectivity index (χ0) is 14.6. The summed E-state index contributed by atoms with van der Waals surface area (Å²) < 4.78 is 25.6. The molecule has 0 aliphatic carbocycles. The Morgan fingerprint density at radius 3 is 2.21 bits per heavy atom. The van der Waals surface area contributed by atoms with Crippen LogP contribution in [0.5, 0.6) is 0 Å². The van der Waals surface area contributed by atoms with Crippen molar-refractivity contribution in [2.24, 2.45) is 5.73 Å². The first kappa shape index (κ1) is 15.6. The van der Waals surface area contributed by atoms with Crippen LogP contribution in [-0.2, 0) is 19.6 Å². The Morgan fingerprint density at radius 1 is 1.21 bits per heavy atom. The molecular weight excluding hydrogens is 336 g/mol. The molecule has 104 valence electrons. The fourth-order valence-corrected chi connectivity index (χ4v) is 2.71. The minimum atomic E-state index is -3.89. The van der Waals surface area contributed by atoms with Crippen LogP contribution < -0.4 is 5.73 Å². The zero-order valence-electron chi connectivity index (χ0n) is 10.2. The van der Waals surface area contributed by atoms with E-state index in [2.05, 4.69) is 15.9 Å². The number of rotatable bonds is 5. The van der Waals surface area contributed by atoms with E-state index in [1.54, 1.807) is 12.1 Å². The predicted octanol–water partition coefficient (Wildman–Crippen LogP) is 0.862. The quantitative estimate of drug-likeness (QED) is 0.853. The van der Waals surface area contributed by atoms with Gasteiger partial charge in [0.1, 0.15) is 0 Å². The average Bonchev–Trinajstić information content (AvgIpc) is 2.35. The van der Waals surface area contributed by atoms with Crippen molar-refractivity contribution in [1.29, 1.82) is 0 Å². The highest BCUT2D eigenvalue weighted by atomic mass is 79.9. The minimum Gasteiger partial charge on any atom is -0.370 e. The van der Waals surface area contributed by atoms with Gasteiger partial charge in [0.2, 0.25) is 11.8 Å². The highest BCUT2D eigenvalue weighted by molar-refractivity contribution is 9.10. The number of benzene rings is 1. The van der Waals surface area contributed by atoms with Gasteiger partial charge in [0.15, 0.2) is 0 Å². The molecule has 0 spiro atoms. The van der Waals surface area contributed by atoms with E-state index in [4.69, 9.17) is 5.73 Å². The summed E-state index contributed by atoms with van der Waals surface area (Å²) in [5.41, 5.74) is 4.91. The van der Waals surface area contributed by atoms with Crippen molar-refractivity contribution in [2.45, 2.75) is 17.7 Å². The second kappa shape index (κ2) is 6.16. The second-order valence-corrected chi connectivity index (χ2v) is 6.67. The first-order valence-corrected chi connectivity index (χ1v) is 7.54. The van der Waals surface area contributed by atoms with Crippen LogP contribution in [0.25, 0.3) is 0 Å². The van der Waals surface area contributed by atoms with Gasteiger partial charge >= 0.3 is 0 Å². The SMILES string of the molecule is CN(C(=O)CCC(N)=O)S(=O)(=O)c1ccc(Br)cc1. The summed E-state index contributed by atoms with van der Waals surface area (Å²) in [5.74, 6) is -1.33. The summed E-state index contributed by atoms with van der Waals surface area (Å²) in [4.78, 5) is 22.2. The number of carbonyl (C=O) groups is 2. The van der Waals surface area contributed by atoms with Gasteiger partial charge in [-0.3, -0.25) is 9.59 Å². The van der Waals surface area contributed by atoms with Crippen LogP contribution in [0.2, 0.25) is 0 Å². The Hall–Kier alpha value is -1.41. The van der Waals surface area contributed by atoms with Gasteiger partial charge in [-0.25, -0.2) is 12.7 Å². The van der Waals surface area contributed by atoms with E-state index in [1.807, 2.05) is 0 Å². The zero-order valence-corrected chi connectivity index (χ0v) is 12.6. The smallest absolute Gasteiger partial charge is 0.266 e. The summed E-state index contributed by atoms with van der Waals surface area (Å²) in [6.07, 6.45) is -0.416. The Labute approximate surface area is 119 Å². The molecule has 1 aromatic rings. The predicted molar refractivity (Wildman–Crippen MR) is 72.5 cm³/mol. The van der Waals surface area contributed by atoms with Gasteiger partial charge in [-0.15, -0.1) is 0 Å². The summed E-state index contributed by atoms with van der Waals surface area (Å²) in [6, 6.07) is 5.90. The third kappa shape index (κ3) is 4.03. The lowest BCUT2D eigenvalue weighted by Crippen LogP contribution is -2.33. The van der Waals surface area contributed by atoms with Crippen LogP contribution in [0.15, 0.2) is 33.6 Å². The van der Waals surface area contributed by atoms with Crippen molar-refractivity contribution in [2.75, 3.05) is 7.05 Å². The third-order valence-corrected chi connectivity index (χ3v) is 4.73. The van der Waals surface area contributed by atoms with Crippen molar-refractivity contribution in [1.82, 2.24) is 4.31 Å². The number of nitrogens with zero attached hydrogens (tertiary/aromatic N) is 1. The number of halogens is 1. The summed E-state index contributed by atoms with van der Waals surface area (Å²) in [6.45, 7) is 0. The van der Waals surface area contributed by atoms with Crippen LogP contribution in [0.3, 0.4) is 0 Å². The van der Waals surface area contributed by atoms with E-state index in [-0.39, 0.29) is 17.7 Å². The number of nitrogens with two attached hydrogens (primary N) is 1. The minimum absolute atomic E-state index is 0.00521. The standard InChI is InChI=1S/C11H13BrN2O4S/c1-14(11(16)7-6-10(13)15)19(17,18)9-4-2-8(12)3-5-9/h2-5H,6-7H2,1H3,(H2,13,15). The van der Waals surface area contributed by atoms with Gasteiger partial charge in [-0.05, 0) is 24.3 Å². The molecule has 0 aliphatic heterocycles. The molecule has 2 N–H and O–H groups in total. The number of hydrogen-bond donors (Lipinski definition) is 1. The van der Waals surface area contributed by atoms with Crippen molar-refractivity contribution >= 4 is 37.8 Å². The van der Waals surface area contributed by atoms with E-state index >= 15 is 0 Å². The molecule has 0 fully saturated rings. The topological polar surface area (TPSA) is 97.5 Å². The fourth-order valence-electron chi connectivity index (χ4n) is 1.29. The largest absolute Gasteiger partial charge is 0.370 e. The van der Waals surface area contributed by atoms with Crippen LogP contribution in [0.1, 0.15) is 12.8 Å². The molecule has 0 saturated heterocycles. The Morgan fingerprint density at radius 2 is 1.74 bits per heavy atom. The number of carbonyl (C=O) groups excluding carboxylic acids is 2. The van der Waals surface area contributed by atoms with Crippen LogP contribution >= 0.6 is 15.9 Å². The van der Waals surface area contributed by atoms with E-state index in [1.165, 1.54) is 12.1 Å². The van der Waals surface area contributed by atoms with Crippen molar-refractivity contribution in [3.63, 3.8) is 0 Å². The molecule has 0 heterocycles. The molecule has 0 aromatic heterocycles. The molecule has 0 aliphatic rings. The molecule has 19 heavy (non-hydrogen) atoms. The molecule has 2 amide bonds. The molecule has 0 unspecified atom stereocenters. The normalized spacial score (nSPS) is 11.1. The van der Waals surface area contributed by atoms with Gasteiger partial charge in [0, 0.05) is 24.4 Å². The Kier molecular flexibility index (Phi) is 5.07. The lowest BCUT2D eigenvalue weighted by molar-refractivity contribution is -0.128. The van der Waals surface area contributed by atoms with Gasteiger partial charge in [-0.2, -0.15) is 0 Å². The average molecular weight is 349 g/mol. The van der Waals surface area contributed by atoms with Gasteiger partial charge in [-0.1, -0.05) is 15.9 Å². The summed E-state index contributed by atoms with van der Waals surface area (Å²) >= 11 is 3.19. The van der Waals surface area contributed by atoms with Crippen LogP contribution in [0, 0.1) is 0 Å². The van der Waals surface area contributed by atoms with Crippen LogP contribution in [-0.4, -0.2) is 31.6 Å². The Bertz CT molecular complexity index is 583. The molecular formula is C11H13BrN2O4S. The van der Waals surface area contributed by atoms with Crippen LogP contribution in [0.4, 0.5) is 0 Å². The second-order valence-electron chi connectivity index (χ2n) is 3.79. The Balaban J connectivity index is 2.90. The number of amides is 2. The van der Waals surface area contributed by atoms with Gasteiger partial charge < -0.3 is 5.73 Å². The molecule has 1 rings (SSSR count). The monoisotopic (exact) mass is 348 g/mol. The molecule has 8 heteroatoms. The van der Waals surface area contributed by atoms with Crippen molar-refractivity contribution in [3.05, 3.63) is 28.7 Å². The highest BCUT2D eigenvalue weighted by Crippen LogP contribution is 2.18. The molecule has 0 bridgehead atoms. The molecule has 0 radical (unpaired) electrons. The third-order valence-electron chi connectivity index (χ3n) is 2.41. The van der Waals surface area contributed by atoms with Gasteiger partial charge in [0.05, 0.1) is 4.90 Å². The maximum Gasteiger partial charge on any atom is 0.266 e. The molecule has 0 saturated carbocycles. The fraction of sp³-hybridized carbons (Fsp3) is 0.273. The van der Waals surface area contributed by atoms with Crippen molar-refractivity contribution in [3.8, 4) is 0 Å². The van der Waals surface area contributed by atoms with E-state index in [0.717, 1.165) is 11.5 Å². The maximum atomic E-state index is 12.1. The number of primary amides is 1. The number of sulfonamides is 1. The molecule has 6 nitrogen and oxygen atoms in total. The molecule has 1 aromatic carbocycles. The van der Waals surface area contributed by atoms with E-state index in [9.17, 15) is 18.0 Å². The lowest BCUT2D eigenvalue weighted by atomic mass is 10.3. The van der Waals surface area contributed by atoms with E-state index < -0.39 is 21.8 Å². The molecule has 0 atom stereocenters. The first-order chi connectivity index (χ1) is 8.75.